The molecule has 1 N–H and O–H groups in total. The van der Waals surface area contributed by atoms with Gasteiger partial charge in [-0.1, -0.05) is 18.2 Å². The summed E-state index contributed by atoms with van der Waals surface area (Å²) >= 11 is 0. The molecule has 1 unspecified atom stereocenters. The number of para-hydroxylation sites is 1. The van der Waals surface area contributed by atoms with E-state index in [1.807, 2.05) is 35.2 Å². The molecule has 7 rings (SSSR count). The number of allylic oxidation sites excluding steroid dienone is 3. The number of benzene rings is 2. The van der Waals surface area contributed by atoms with Crippen molar-refractivity contribution in [1.82, 2.24) is 9.97 Å². The second-order valence-electron chi connectivity index (χ2n) is 11.1. The number of nitrogens with one attached hydrogen (secondary N) is 1. The zero-order valence-corrected chi connectivity index (χ0v) is 24.1. The van der Waals surface area contributed by atoms with Crippen LogP contribution in [0.5, 0.6) is 23.0 Å². The van der Waals surface area contributed by atoms with Crippen molar-refractivity contribution in [2.24, 2.45) is 5.41 Å². The summed E-state index contributed by atoms with van der Waals surface area (Å²) in [4.78, 5) is 49.7. The molecule has 0 radical (unpaired) electrons. The zero-order chi connectivity index (χ0) is 30.4. The monoisotopic (exact) mass is 588 g/mol. The van der Waals surface area contributed by atoms with Crippen molar-refractivity contribution < 1.29 is 28.6 Å². The molecular weight excluding hydrogens is 560 g/mol. The maximum atomic E-state index is 13.5. The predicted molar refractivity (Wildman–Crippen MR) is 163 cm³/mol. The van der Waals surface area contributed by atoms with Crippen LogP contribution in [0.15, 0.2) is 96.0 Å². The number of ketones is 2. The first kappa shape index (κ1) is 27.3. The van der Waals surface area contributed by atoms with Gasteiger partial charge in [-0.05, 0) is 42.5 Å². The number of ether oxygens (including phenoxy) is 3. The minimum absolute atomic E-state index is 0.109. The smallest absolute Gasteiger partial charge is 0.254 e. The Labute approximate surface area is 253 Å². The number of Topliss-reactive ketones (excluding diaryl/α,β-unsaturated/α-hetero) is 2. The van der Waals surface area contributed by atoms with E-state index in [1.54, 1.807) is 56.8 Å². The molecule has 1 aliphatic heterocycles. The number of amides is 1. The van der Waals surface area contributed by atoms with Gasteiger partial charge < -0.3 is 24.4 Å². The number of nitrogens with zero attached hydrogens (tertiary/aromatic N) is 3. The number of carbonyl (C=O) groups excluding carboxylic acids is 3. The van der Waals surface area contributed by atoms with Crippen molar-refractivity contribution in [3.05, 3.63) is 96.0 Å². The molecule has 2 aliphatic carbocycles. The van der Waals surface area contributed by atoms with Gasteiger partial charge >= 0.3 is 0 Å². The van der Waals surface area contributed by atoms with Crippen LogP contribution in [0.4, 0.5) is 11.5 Å². The molecule has 0 bridgehead atoms. The summed E-state index contributed by atoms with van der Waals surface area (Å²) in [5.74, 6) is 2.12. The van der Waals surface area contributed by atoms with Gasteiger partial charge in [0.05, 0.1) is 32.5 Å². The summed E-state index contributed by atoms with van der Waals surface area (Å²) in [6.45, 7) is 0.261. The van der Waals surface area contributed by atoms with E-state index in [-0.39, 0.29) is 30.4 Å². The molecule has 2 aromatic carbocycles. The number of methoxy groups -OCH3 is 2. The average Bonchev–Trinajstić information content (AvgIpc) is 3.67. The third kappa shape index (κ3) is 4.84. The molecule has 1 saturated carbocycles. The van der Waals surface area contributed by atoms with Gasteiger partial charge in [-0.3, -0.25) is 19.4 Å². The first-order valence-corrected chi connectivity index (χ1v) is 14.2. The molecule has 4 aromatic rings. The largest absolute Gasteiger partial charge is 0.493 e. The first-order valence-electron chi connectivity index (χ1n) is 14.2. The normalized spacial score (nSPS) is 19.0. The van der Waals surface area contributed by atoms with Crippen LogP contribution in [0.3, 0.4) is 0 Å². The van der Waals surface area contributed by atoms with E-state index in [9.17, 15) is 14.4 Å². The Morgan fingerprint density at radius 1 is 0.909 bits per heavy atom. The van der Waals surface area contributed by atoms with Gasteiger partial charge in [0.1, 0.15) is 23.1 Å². The van der Waals surface area contributed by atoms with E-state index < -0.39 is 5.41 Å². The molecule has 1 spiro atoms. The molecule has 0 saturated heterocycles. The van der Waals surface area contributed by atoms with Crippen LogP contribution in [0.25, 0.3) is 10.9 Å². The highest BCUT2D eigenvalue weighted by atomic mass is 16.5. The number of anilines is 2. The molecule has 10 heteroatoms. The van der Waals surface area contributed by atoms with Gasteiger partial charge in [0.2, 0.25) is 0 Å². The van der Waals surface area contributed by atoms with Crippen molar-refractivity contribution in [1.29, 1.82) is 0 Å². The number of rotatable bonds is 7. The number of hydrogen-bond acceptors (Lipinski definition) is 9. The van der Waals surface area contributed by atoms with E-state index in [1.165, 1.54) is 6.20 Å². The molecule has 1 atom stereocenters. The van der Waals surface area contributed by atoms with E-state index in [0.717, 1.165) is 16.8 Å². The summed E-state index contributed by atoms with van der Waals surface area (Å²) in [5, 5.41) is 3.58. The molecule has 3 aliphatic rings. The lowest BCUT2D eigenvalue weighted by Gasteiger charge is -2.37. The number of aromatic nitrogens is 2. The Balaban J connectivity index is 1.11. The van der Waals surface area contributed by atoms with Crippen molar-refractivity contribution >= 4 is 39.9 Å². The Kier molecular flexibility index (Phi) is 6.61. The quantitative estimate of drug-likeness (QED) is 0.303. The highest BCUT2D eigenvalue weighted by Crippen LogP contribution is 2.54. The SMILES string of the molecule is COc1cc2nccc(Oc3ccc(NC(=O)C4=CC5=C(CC6(CC5=O)CC6=O)N(c5ccccc5)C4)nc3)c2cc1OC. The van der Waals surface area contributed by atoms with Crippen molar-refractivity contribution in [2.45, 2.75) is 19.3 Å². The highest BCUT2D eigenvalue weighted by Gasteiger charge is 2.58. The van der Waals surface area contributed by atoms with E-state index in [4.69, 9.17) is 14.2 Å². The number of pyridine rings is 2. The van der Waals surface area contributed by atoms with Crippen molar-refractivity contribution in [2.75, 3.05) is 31.0 Å². The van der Waals surface area contributed by atoms with E-state index >= 15 is 0 Å². The predicted octanol–water partition coefficient (Wildman–Crippen LogP) is 5.40. The molecule has 220 valence electrons. The third-order valence-electron chi connectivity index (χ3n) is 8.33. The Bertz CT molecular complexity index is 1900. The maximum absolute atomic E-state index is 13.5. The lowest BCUT2D eigenvalue weighted by atomic mass is 9.80. The number of hydrogen-bond donors (Lipinski definition) is 1. The van der Waals surface area contributed by atoms with Crippen molar-refractivity contribution in [3.8, 4) is 23.0 Å². The molecule has 1 amide bonds. The molecule has 2 aromatic heterocycles. The van der Waals surface area contributed by atoms with Crippen molar-refractivity contribution in [3.63, 3.8) is 0 Å². The van der Waals surface area contributed by atoms with Gasteiger partial charge in [0.25, 0.3) is 5.91 Å². The van der Waals surface area contributed by atoms with E-state index in [0.29, 0.717) is 58.3 Å². The van der Waals surface area contributed by atoms with Gasteiger partial charge in [0.15, 0.2) is 17.3 Å². The van der Waals surface area contributed by atoms with Gasteiger partial charge in [-0.2, -0.15) is 0 Å². The van der Waals surface area contributed by atoms with Crippen LogP contribution in [-0.2, 0) is 14.4 Å². The fraction of sp³-hybridized carbons (Fsp3) is 0.206. The fourth-order valence-electron chi connectivity index (χ4n) is 5.88. The second kappa shape index (κ2) is 10.6. The first-order chi connectivity index (χ1) is 21.4. The highest BCUT2D eigenvalue weighted by molar-refractivity contribution is 6.13. The second-order valence-corrected chi connectivity index (χ2v) is 11.1. The van der Waals surface area contributed by atoms with Gasteiger partial charge in [0, 0.05) is 64.9 Å². The van der Waals surface area contributed by atoms with E-state index in [2.05, 4.69) is 15.3 Å². The summed E-state index contributed by atoms with van der Waals surface area (Å²) in [6, 6.07) is 18.3. The van der Waals surface area contributed by atoms with Crippen LogP contribution < -0.4 is 24.4 Å². The standard InChI is InChI=1S/C34H28N4O6/c1-42-29-13-23-25(14-30(29)43-2)35-11-10-28(23)44-22-8-9-32(36-18-22)37-33(41)20-12-24-26(15-34(16-27(24)39)17-31(34)40)38(19-20)21-6-4-3-5-7-21/h3-14,18H,15-17,19H2,1-2H3,(H,36,37,41). The lowest BCUT2D eigenvalue weighted by molar-refractivity contribution is -0.120. The molecule has 10 nitrogen and oxygen atoms in total. The summed E-state index contributed by atoms with van der Waals surface area (Å²) in [6.07, 6.45) is 5.95. The van der Waals surface area contributed by atoms with Crippen LogP contribution in [0.2, 0.25) is 0 Å². The minimum atomic E-state index is -0.578. The maximum Gasteiger partial charge on any atom is 0.254 e. The minimum Gasteiger partial charge on any atom is -0.493 e. The molecule has 1 fully saturated rings. The third-order valence-corrected chi connectivity index (χ3v) is 8.33. The van der Waals surface area contributed by atoms with Crippen LogP contribution >= 0.6 is 0 Å². The topological polar surface area (TPSA) is 120 Å². The van der Waals surface area contributed by atoms with Crippen LogP contribution in [-0.4, -0.2) is 48.2 Å². The van der Waals surface area contributed by atoms with Crippen LogP contribution in [0.1, 0.15) is 19.3 Å². The Hall–Kier alpha value is -5.51. The zero-order valence-electron chi connectivity index (χ0n) is 24.1. The van der Waals surface area contributed by atoms with Crippen LogP contribution in [0, 0.1) is 5.41 Å². The van der Waals surface area contributed by atoms with Gasteiger partial charge in [-0.15, -0.1) is 0 Å². The number of fused-ring (bicyclic) bond motifs is 1. The Morgan fingerprint density at radius 3 is 2.39 bits per heavy atom. The fourth-order valence-corrected chi connectivity index (χ4v) is 5.88. The molecule has 3 heterocycles. The van der Waals surface area contributed by atoms with Gasteiger partial charge in [-0.25, -0.2) is 4.98 Å². The summed E-state index contributed by atoms with van der Waals surface area (Å²) < 4.78 is 16.9. The average molecular weight is 589 g/mol. The lowest BCUT2D eigenvalue weighted by Crippen LogP contribution is -2.38. The molecule has 44 heavy (non-hydrogen) atoms. The summed E-state index contributed by atoms with van der Waals surface area (Å²) in [7, 11) is 3.13. The Morgan fingerprint density at radius 2 is 1.68 bits per heavy atom. The molecular formula is C34H28N4O6. The number of carbonyl (C=O) groups is 3. The summed E-state index contributed by atoms with van der Waals surface area (Å²) in [5.41, 5.74) is 2.67.